The average Bonchev–Trinajstić information content (AvgIpc) is 2.48. The molecule has 0 aliphatic carbocycles. The van der Waals surface area contributed by atoms with E-state index >= 15 is 0 Å². The van der Waals surface area contributed by atoms with Gasteiger partial charge in [-0.1, -0.05) is 42.2 Å². The molecule has 0 aliphatic heterocycles. The lowest BCUT2D eigenvalue weighted by Gasteiger charge is -2.09. The highest BCUT2D eigenvalue weighted by Gasteiger charge is 2.06. The van der Waals surface area contributed by atoms with Crippen LogP contribution in [0.3, 0.4) is 0 Å². The van der Waals surface area contributed by atoms with Crippen molar-refractivity contribution in [2.24, 2.45) is 0 Å². The molecular formula is C18H17NO2. The monoisotopic (exact) mass is 279 g/mol. The predicted octanol–water partition coefficient (Wildman–Crippen LogP) is 2.52. The number of aryl methyl sites for hydroxylation is 1. The van der Waals surface area contributed by atoms with Crippen molar-refractivity contribution in [2.45, 2.75) is 13.3 Å². The molecule has 0 atom stereocenters. The molecule has 0 bridgehead atoms. The van der Waals surface area contributed by atoms with Crippen LogP contribution in [0, 0.1) is 18.8 Å². The first-order chi connectivity index (χ1) is 10.2. The fourth-order valence-corrected chi connectivity index (χ4v) is 2.00. The van der Waals surface area contributed by atoms with E-state index < -0.39 is 0 Å². The normalized spacial score (nSPS) is 9.62. The van der Waals surface area contributed by atoms with Crippen LogP contribution >= 0.6 is 0 Å². The highest BCUT2D eigenvalue weighted by Crippen LogP contribution is 2.16. The highest BCUT2D eigenvalue weighted by molar-refractivity contribution is 5.93. The van der Waals surface area contributed by atoms with Crippen LogP contribution in [-0.2, 0) is 11.2 Å². The molecule has 3 heteroatoms. The third-order valence-corrected chi connectivity index (χ3v) is 3.02. The van der Waals surface area contributed by atoms with Gasteiger partial charge >= 0.3 is 0 Å². The van der Waals surface area contributed by atoms with Crippen molar-refractivity contribution in [1.82, 2.24) is 0 Å². The van der Waals surface area contributed by atoms with Crippen molar-refractivity contribution in [3.63, 3.8) is 0 Å². The summed E-state index contributed by atoms with van der Waals surface area (Å²) in [5.74, 6) is 5.40. The fraction of sp³-hybridized carbons (Fsp3) is 0.167. The lowest BCUT2D eigenvalue weighted by molar-refractivity contribution is -0.115. The average molecular weight is 279 g/mol. The first-order valence-corrected chi connectivity index (χ1v) is 6.73. The largest absolute Gasteiger partial charge is 0.384 e. The van der Waals surface area contributed by atoms with Crippen LogP contribution in [0.5, 0.6) is 0 Å². The molecule has 0 unspecified atom stereocenters. The topological polar surface area (TPSA) is 49.3 Å². The van der Waals surface area contributed by atoms with Gasteiger partial charge in [-0.25, -0.2) is 0 Å². The molecule has 0 aliphatic rings. The molecule has 0 saturated carbocycles. The van der Waals surface area contributed by atoms with Crippen LogP contribution in [-0.4, -0.2) is 17.6 Å². The number of nitrogens with one attached hydrogen (secondary N) is 1. The lowest BCUT2D eigenvalue weighted by atomic mass is 10.1. The Morgan fingerprint density at radius 2 is 1.95 bits per heavy atom. The van der Waals surface area contributed by atoms with E-state index in [1.165, 1.54) is 0 Å². The second-order valence-electron chi connectivity index (χ2n) is 4.70. The van der Waals surface area contributed by atoms with Crippen LogP contribution < -0.4 is 5.32 Å². The molecule has 2 rings (SSSR count). The van der Waals surface area contributed by atoms with Gasteiger partial charge in [0.1, 0.15) is 6.61 Å². The summed E-state index contributed by atoms with van der Waals surface area (Å²) in [7, 11) is 0. The van der Waals surface area contributed by atoms with Crippen LogP contribution in [0.15, 0.2) is 48.5 Å². The van der Waals surface area contributed by atoms with Crippen molar-refractivity contribution >= 4 is 11.6 Å². The van der Waals surface area contributed by atoms with Gasteiger partial charge in [0.05, 0.1) is 6.42 Å². The first kappa shape index (κ1) is 14.8. The summed E-state index contributed by atoms with van der Waals surface area (Å²) in [6.07, 6.45) is 0.354. The van der Waals surface area contributed by atoms with E-state index in [-0.39, 0.29) is 12.5 Å². The number of anilines is 1. The molecule has 2 N–H and O–H groups in total. The minimum atomic E-state index is -0.158. The van der Waals surface area contributed by atoms with Crippen molar-refractivity contribution in [1.29, 1.82) is 0 Å². The molecule has 0 heterocycles. The van der Waals surface area contributed by atoms with Crippen LogP contribution in [0.1, 0.15) is 16.7 Å². The quantitative estimate of drug-likeness (QED) is 0.848. The molecule has 0 fully saturated rings. The van der Waals surface area contributed by atoms with Gasteiger partial charge in [0.15, 0.2) is 0 Å². The molecule has 2 aromatic carbocycles. The molecule has 21 heavy (non-hydrogen) atoms. The van der Waals surface area contributed by atoms with Crippen molar-refractivity contribution in [3.8, 4) is 11.8 Å². The summed E-state index contributed by atoms with van der Waals surface area (Å²) in [4.78, 5) is 12.0. The Bertz CT molecular complexity index is 681. The van der Waals surface area contributed by atoms with Gasteiger partial charge in [-0.15, -0.1) is 0 Å². The summed E-state index contributed by atoms with van der Waals surface area (Å²) in [6, 6.07) is 15.2. The van der Waals surface area contributed by atoms with Crippen LogP contribution in [0.4, 0.5) is 5.69 Å². The van der Waals surface area contributed by atoms with Gasteiger partial charge in [0, 0.05) is 11.3 Å². The zero-order valence-electron chi connectivity index (χ0n) is 11.9. The fourth-order valence-electron chi connectivity index (χ4n) is 2.00. The Labute approximate surface area is 124 Å². The number of aliphatic hydroxyl groups is 1. The smallest absolute Gasteiger partial charge is 0.228 e. The Kier molecular flexibility index (Phi) is 5.14. The van der Waals surface area contributed by atoms with Gasteiger partial charge in [-0.3, -0.25) is 4.79 Å². The van der Waals surface area contributed by atoms with Gasteiger partial charge in [-0.05, 0) is 36.2 Å². The van der Waals surface area contributed by atoms with Crippen LogP contribution in [0.2, 0.25) is 0 Å². The molecule has 0 saturated heterocycles. The minimum absolute atomic E-state index is 0.0431. The summed E-state index contributed by atoms with van der Waals surface area (Å²) in [5, 5.41) is 11.6. The van der Waals surface area contributed by atoms with Gasteiger partial charge in [0.25, 0.3) is 0 Å². The number of benzene rings is 2. The Morgan fingerprint density at radius 1 is 1.19 bits per heavy atom. The standard InChI is InChI=1S/C18H17NO2/c1-14-12-16(8-5-11-20)9-10-17(14)19-18(21)13-15-6-3-2-4-7-15/h2-4,6-7,9-10,12,20H,11,13H2,1H3,(H,19,21). The van der Waals surface area contributed by atoms with E-state index in [2.05, 4.69) is 17.2 Å². The van der Waals surface area contributed by atoms with Crippen molar-refractivity contribution < 1.29 is 9.90 Å². The third-order valence-electron chi connectivity index (χ3n) is 3.02. The zero-order valence-corrected chi connectivity index (χ0v) is 11.9. The molecule has 0 radical (unpaired) electrons. The number of hydrogen-bond acceptors (Lipinski definition) is 2. The molecule has 1 amide bonds. The predicted molar refractivity (Wildman–Crippen MR) is 83.9 cm³/mol. The maximum absolute atomic E-state index is 12.0. The summed E-state index contributed by atoms with van der Waals surface area (Å²) in [6.45, 7) is 1.76. The molecular weight excluding hydrogens is 262 g/mol. The number of carbonyl (C=O) groups excluding carboxylic acids is 1. The van der Waals surface area contributed by atoms with Gasteiger partial charge in [-0.2, -0.15) is 0 Å². The Morgan fingerprint density at radius 3 is 2.62 bits per heavy atom. The maximum atomic E-state index is 12.0. The van der Waals surface area contributed by atoms with E-state index in [0.717, 1.165) is 22.4 Å². The number of hydrogen-bond donors (Lipinski definition) is 2. The SMILES string of the molecule is Cc1cc(C#CCO)ccc1NC(=O)Cc1ccccc1. The van der Waals surface area contributed by atoms with E-state index in [9.17, 15) is 4.79 Å². The Hall–Kier alpha value is -2.57. The molecule has 0 spiro atoms. The van der Waals surface area contributed by atoms with Gasteiger partial charge in [0.2, 0.25) is 5.91 Å². The summed E-state index contributed by atoms with van der Waals surface area (Å²) in [5.41, 5.74) is 3.53. The van der Waals surface area contributed by atoms with Crippen molar-refractivity contribution in [2.75, 3.05) is 11.9 Å². The maximum Gasteiger partial charge on any atom is 0.228 e. The number of carbonyl (C=O) groups is 1. The molecule has 0 aromatic heterocycles. The second kappa shape index (κ2) is 7.28. The number of rotatable bonds is 3. The summed E-state index contributed by atoms with van der Waals surface area (Å²) >= 11 is 0. The third kappa shape index (κ3) is 4.48. The van der Waals surface area contributed by atoms with Crippen molar-refractivity contribution in [3.05, 3.63) is 65.2 Å². The molecule has 3 nitrogen and oxygen atoms in total. The number of amides is 1. The van der Waals surface area contributed by atoms with Gasteiger partial charge < -0.3 is 10.4 Å². The Balaban J connectivity index is 2.04. The first-order valence-electron chi connectivity index (χ1n) is 6.73. The van der Waals surface area contributed by atoms with E-state index in [1.54, 1.807) is 0 Å². The summed E-state index contributed by atoms with van der Waals surface area (Å²) < 4.78 is 0. The lowest BCUT2D eigenvalue weighted by Crippen LogP contribution is -2.15. The second-order valence-corrected chi connectivity index (χ2v) is 4.70. The zero-order chi connectivity index (χ0) is 15.1. The van der Waals surface area contributed by atoms with Crippen LogP contribution in [0.25, 0.3) is 0 Å². The van der Waals surface area contributed by atoms with E-state index in [1.807, 2.05) is 55.5 Å². The van der Waals surface area contributed by atoms with E-state index in [0.29, 0.717) is 6.42 Å². The minimum Gasteiger partial charge on any atom is -0.384 e. The molecule has 106 valence electrons. The number of aliphatic hydroxyl groups excluding tert-OH is 1. The molecule has 2 aromatic rings. The van der Waals surface area contributed by atoms with E-state index in [4.69, 9.17) is 5.11 Å². The highest BCUT2D eigenvalue weighted by atomic mass is 16.2.